The number of aromatic nitrogens is 1. The monoisotopic (exact) mass is 327 g/mol. The van der Waals surface area contributed by atoms with Crippen LogP contribution in [0.15, 0.2) is 16.7 Å². The second kappa shape index (κ2) is 5.67. The SMILES string of the molecule is CC(N)C1CCN(C(=O)c2cc(Br)cn2C(C)C)C1. The van der Waals surface area contributed by atoms with Crippen LogP contribution in [0.5, 0.6) is 0 Å². The van der Waals surface area contributed by atoms with Crippen molar-refractivity contribution in [3.05, 3.63) is 22.4 Å². The number of likely N-dealkylation sites (tertiary alicyclic amines) is 1. The van der Waals surface area contributed by atoms with Crippen LogP contribution in [-0.4, -0.2) is 34.5 Å². The molecule has 1 fully saturated rings. The van der Waals surface area contributed by atoms with E-state index in [0.29, 0.717) is 5.92 Å². The minimum atomic E-state index is 0.113. The van der Waals surface area contributed by atoms with Gasteiger partial charge in [0.1, 0.15) is 5.69 Å². The molecular weight excluding hydrogens is 306 g/mol. The summed E-state index contributed by atoms with van der Waals surface area (Å²) >= 11 is 3.45. The van der Waals surface area contributed by atoms with E-state index in [4.69, 9.17) is 5.73 Å². The largest absolute Gasteiger partial charge is 0.340 e. The van der Waals surface area contributed by atoms with Gasteiger partial charge < -0.3 is 15.2 Å². The van der Waals surface area contributed by atoms with Gasteiger partial charge in [0, 0.05) is 35.8 Å². The molecule has 2 rings (SSSR count). The van der Waals surface area contributed by atoms with Gasteiger partial charge in [0.25, 0.3) is 5.91 Å². The number of carbonyl (C=O) groups excluding carboxylic acids is 1. The lowest BCUT2D eigenvalue weighted by molar-refractivity contribution is 0.0773. The van der Waals surface area contributed by atoms with Crippen LogP contribution in [0, 0.1) is 5.92 Å². The summed E-state index contributed by atoms with van der Waals surface area (Å²) < 4.78 is 2.97. The van der Waals surface area contributed by atoms with Gasteiger partial charge in [-0.25, -0.2) is 0 Å². The molecule has 1 aromatic rings. The molecule has 19 heavy (non-hydrogen) atoms. The molecule has 0 spiro atoms. The number of nitrogens with two attached hydrogens (primary N) is 1. The molecule has 1 aliphatic heterocycles. The lowest BCUT2D eigenvalue weighted by atomic mass is 10.0. The molecule has 2 atom stereocenters. The fourth-order valence-corrected chi connectivity index (χ4v) is 3.04. The summed E-state index contributed by atoms with van der Waals surface area (Å²) in [6.45, 7) is 7.77. The van der Waals surface area contributed by atoms with Crippen molar-refractivity contribution in [1.29, 1.82) is 0 Å². The lowest BCUT2D eigenvalue weighted by Gasteiger charge is -2.20. The number of carbonyl (C=O) groups is 1. The fourth-order valence-electron chi connectivity index (χ4n) is 2.61. The summed E-state index contributed by atoms with van der Waals surface area (Å²) in [5.74, 6) is 0.539. The molecule has 1 amide bonds. The summed E-state index contributed by atoms with van der Waals surface area (Å²) in [5, 5.41) is 0. The minimum absolute atomic E-state index is 0.113. The predicted octanol–water partition coefficient (Wildman–Crippen LogP) is 2.64. The third kappa shape index (κ3) is 3.03. The van der Waals surface area contributed by atoms with E-state index >= 15 is 0 Å². The Morgan fingerprint density at radius 3 is 2.68 bits per heavy atom. The molecule has 2 unspecified atom stereocenters. The molecule has 0 saturated carbocycles. The Kier molecular flexibility index (Phi) is 4.36. The van der Waals surface area contributed by atoms with E-state index in [1.807, 2.05) is 28.7 Å². The maximum atomic E-state index is 12.6. The number of amides is 1. The molecule has 1 saturated heterocycles. The third-order valence-electron chi connectivity index (χ3n) is 3.85. The summed E-state index contributed by atoms with van der Waals surface area (Å²) in [6, 6.07) is 2.33. The van der Waals surface area contributed by atoms with Crippen molar-refractivity contribution >= 4 is 21.8 Å². The number of nitrogens with zero attached hydrogens (tertiary/aromatic N) is 2. The molecule has 2 heterocycles. The quantitative estimate of drug-likeness (QED) is 0.927. The van der Waals surface area contributed by atoms with Gasteiger partial charge in [0.2, 0.25) is 0 Å². The highest BCUT2D eigenvalue weighted by Gasteiger charge is 2.30. The topological polar surface area (TPSA) is 51.3 Å². The smallest absolute Gasteiger partial charge is 0.270 e. The van der Waals surface area contributed by atoms with Crippen molar-refractivity contribution in [2.24, 2.45) is 11.7 Å². The van der Waals surface area contributed by atoms with E-state index in [2.05, 4.69) is 29.8 Å². The number of rotatable bonds is 3. The van der Waals surface area contributed by atoms with Gasteiger partial charge in [-0.2, -0.15) is 0 Å². The minimum Gasteiger partial charge on any atom is -0.340 e. The molecule has 1 aromatic heterocycles. The van der Waals surface area contributed by atoms with Gasteiger partial charge in [-0.05, 0) is 55.1 Å². The summed E-state index contributed by atoms with van der Waals surface area (Å²) in [7, 11) is 0. The number of halogens is 1. The maximum Gasteiger partial charge on any atom is 0.270 e. The zero-order valence-corrected chi connectivity index (χ0v) is 13.4. The molecule has 0 bridgehead atoms. The van der Waals surface area contributed by atoms with Crippen LogP contribution in [0.2, 0.25) is 0 Å². The van der Waals surface area contributed by atoms with E-state index < -0.39 is 0 Å². The first-order valence-corrected chi connectivity index (χ1v) is 7.61. The van der Waals surface area contributed by atoms with Crippen molar-refractivity contribution in [2.45, 2.75) is 39.3 Å². The Bertz CT molecular complexity index is 467. The van der Waals surface area contributed by atoms with E-state index in [1.54, 1.807) is 0 Å². The molecule has 4 nitrogen and oxygen atoms in total. The summed E-state index contributed by atoms with van der Waals surface area (Å²) in [4.78, 5) is 14.5. The van der Waals surface area contributed by atoms with Gasteiger partial charge in [-0.3, -0.25) is 4.79 Å². The molecule has 2 N–H and O–H groups in total. The number of hydrogen-bond donors (Lipinski definition) is 1. The Labute approximate surface area is 123 Å². The highest BCUT2D eigenvalue weighted by molar-refractivity contribution is 9.10. The molecule has 0 aromatic carbocycles. The third-order valence-corrected chi connectivity index (χ3v) is 4.28. The molecular formula is C14H22BrN3O. The van der Waals surface area contributed by atoms with Gasteiger partial charge in [-0.1, -0.05) is 0 Å². The highest BCUT2D eigenvalue weighted by Crippen LogP contribution is 2.24. The maximum absolute atomic E-state index is 12.6. The Balaban J connectivity index is 2.17. The summed E-state index contributed by atoms with van der Waals surface area (Å²) in [6.07, 6.45) is 2.98. The molecule has 1 aliphatic rings. The van der Waals surface area contributed by atoms with Gasteiger partial charge >= 0.3 is 0 Å². The highest BCUT2D eigenvalue weighted by atomic mass is 79.9. The van der Waals surface area contributed by atoms with Gasteiger partial charge in [0.15, 0.2) is 0 Å². The first-order valence-electron chi connectivity index (χ1n) is 6.82. The average molecular weight is 328 g/mol. The first-order chi connectivity index (χ1) is 8.90. The lowest BCUT2D eigenvalue weighted by Crippen LogP contribution is -2.34. The van der Waals surface area contributed by atoms with Crippen LogP contribution in [0.25, 0.3) is 0 Å². The van der Waals surface area contributed by atoms with Gasteiger partial charge in [-0.15, -0.1) is 0 Å². The first kappa shape index (κ1) is 14.6. The van der Waals surface area contributed by atoms with E-state index in [0.717, 1.165) is 29.7 Å². The van der Waals surface area contributed by atoms with Crippen molar-refractivity contribution in [1.82, 2.24) is 9.47 Å². The van der Waals surface area contributed by atoms with Crippen molar-refractivity contribution in [3.8, 4) is 0 Å². The van der Waals surface area contributed by atoms with E-state index in [9.17, 15) is 4.79 Å². The predicted molar refractivity (Wildman–Crippen MR) is 80.2 cm³/mol. The standard InChI is InChI=1S/C14H22BrN3O/c1-9(2)18-8-12(15)6-13(18)14(19)17-5-4-11(7-17)10(3)16/h6,8-11H,4-5,7,16H2,1-3H3. The van der Waals surface area contributed by atoms with Crippen LogP contribution in [0.3, 0.4) is 0 Å². The van der Waals surface area contributed by atoms with Crippen molar-refractivity contribution in [2.75, 3.05) is 13.1 Å². The van der Waals surface area contributed by atoms with Crippen LogP contribution in [-0.2, 0) is 0 Å². The summed E-state index contributed by atoms with van der Waals surface area (Å²) in [5.41, 5.74) is 6.69. The van der Waals surface area contributed by atoms with E-state index in [1.165, 1.54) is 0 Å². The molecule has 5 heteroatoms. The van der Waals surface area contributed by atoms with E-state index in [-0.39, 0.29) is 18.0 Å². The zero-order valence-electron chi connectivity index (χ0n) is 11.8. The molecule has 106 valence electrons. The Morgan fingerprint density at radius 1 is 1.47 bits per heavy atom. The van der Waals surface area contributed by atoms with Crippen LogP contribution in [0.4, 0.5) is 0 Å². The molecule has 0 radical (unpaired) electrons. The Hall–Kier alpha value is -0.810. The van der Waals surface area contributed by atoms with Crippen molar-refractivity contribution in [3.63, 3.8) is 0 Å². The van der Waals surface area contributed by atoms with Gasteiger partial charge in [0.05, 0.1) is 0 Å². The number of hydrogen-bond acceptors (Lipinski definition) is 2. The second-order valence-corrected chi connectivity index (χ2v) is 6.62. The molecule has 0 aliphatic carbocycles. The normalized spacial score (nSPS) is 21.2. The van der Waals surface area contributed by atoms with Crippen LogP contribution < -0.4 is 5.73 Å². The zero-order chi connectivity index (χ0) is 14.2. The van der Waals surface area contributed by atoms with Crippen LogP contribution in [0.1, 0.15) is 43.7 Å². The Morgan fingerprint density at radius 2 is 2.16 bits per heavy atom. The fraction of sp³-hybridized carbons (Fsp3) is 0.643. The second-order valence-electron chi connectivity index (χ2n) is 5.70. The average Bonchev–Trinajstić information content (AvgIpc) is 2.94. The van der Waals surface area contributed by atoms with Crippen molar-refractivity contribution < 1.29 is 4.79 Å². The van der Waals surface area contributed by atoms with Crippen LogP contribution >= 0.6 is 15.9 Å².